The number of para-hydroxylation sites is 1. The molecule has 3 nitrogen and oxygen atoms in total. The molecule has 0 bridgehead atoms. The van der Waals surface area contributed by atoms with E-state index in [2.05, 4.69) is 0 Å². The molecule has 0 amide bonds. The summed E-state index contributed by atoms with van der Waals surface area (Å²) < 4.78 is 10.7. The number of Topliss-reactive ketones (excluding diaryl/α,β-unsaturated/α-hetero) is 1. The van der Waals surface area contributed by atoms with E-state index in [4.69, 9.17) is 9.15 Å². The molecular weight excluding hydrogens is 284 g/mol. The van der Waals surface area contributed by atoms with Gasteiger partial charge in [-0.3, -0.25) is 4.79 Å². The van der Waals surface area contributed by atoms with Gasteiger partial charge in [-0.1, -0.05) is 18.2 Å². The van der Waals surface area contributed by atoms with Crippen LogP contribution in [0.3, 0.4) is 0 Å². The van der Waals surface area contributed by atoms with Crippen molar-refractivity contribution in [1.82, 2.24) is 0 Å². The van der Waals surface area contributed by atoms with Crippen molar-refractivity contribution in [3.8, 4) is 5.75 Å². The lowest BCUT2D eigenvalue weighted by Gasteiger charge is -2.02. The third kappa shape index (κ3) is 3.11. The number of hydrogen-bond acceptors (Lipinski definition) is 4. The number of ether oxygens (including phenoxy) is 1. The van der Waals surface area contributed by atoms with Crippen LogP contribution in [-0.2, 0) is 0 Å². The zero-order valence-electron chi connectivity index (χ0n) is 11.5. The van der Waals surface area contributed by atoms with Crippen molar-refractivity contribution in [2.45, 2.75) is 4.90 Å². The fraction of sp³-hybridized carbons (Fsp3) is 0.118. The van der Waals surface area contributed by atoms with Crippen molar-refractivity contribution in [3.63, 3.8) is 0 Å². The normalized spacial score (nSPS) is 10.7. The van der Waals surface area contributed by atoms with Gasteiger partial charge in [0.2, 0.25) is 5.78 Å². The second-order valence-corrected chi connectivity index (χ2v) is 5.58. The summed E-state index contributed by atoms with van der Waals surface area (Å²) >= 11 is 1.49. The van der Waals surface area contributed by atoms with E-state index in [0.29, 0.717) is 11.5 Å². The van der Waals surface area contributed by atoms with Crippen LogP contribution in [0.5, 0.6) is 5.75 Å². The first-order valence-electron chi connectivity index (χ1n) is 6.55. The minimum absolute atomic E-state index is 0.00739. The lowest BCUT2D eigenvalue weighted by molar-refractivity contribution is 0.0994. The Labute approximate surface area is 126 Å². The summed E-state index contributed by atoms with van der Waals surface area (Å²) in [6, 6.07) is 17.1. The van der Waals surface area contributed by atoms with Crippen molar-refractivity contribution in [1.29, 1.82) is 0 Å². The third-order valence-corrected chi connectivity index (χ3v) is 4.14. The molecule has 0 aliphatic carbocycles. The predicted molar refractivity (Wildman–Crippen MR) is 84.3 cm³/mol. The van der Waals surface area contributed by atoms with Gasteiger partial charge in [0.05, 0.1) is 12.9 Å². The SMILES string of the molecule is COc1ccc(SCC(=O)c2cc3ccccc3o2)cc1. The highest BCUT2D eigenvalue weighted by atomic mass is 32.2. The minimum Gasteiger partial charge on any atom is -0.497 e. The molecule has 0 unspecified atom stereocenters. The van der Waals surface area contributed by atoms with Crippen molar-refractivity contribution in [2.75, 3.05) is 12.9 Å². The molecule has 0 fully saturated rings. The Morgan fingerprint density at radius 2 is 1.90 bits per heavy atom. The monoisotopic (exact) mass is 298 g/mol. The number of carbonyl (C=O) groups excluding carboxylic acids is 1. The first-order chi connectivity index (χ1) is 10.3. The Morgan fingerprint density at radius 1 is 1.14 bits per heavy atom. The number of ketones is 1. The predicted octanol–water partition coefficient (Wildman–Crippen LogP) is 4.42. The van der Waals surface area contributed by atoms with E-state index >= 15 is 0 Å². The number of carbonyl (C=O) groups is 1. The van der Waals surface area contributed by atoms with Crippen molar-refractivity contribution >= 4 is 28.5 Å². The van der Waals surface area contributed by atoms with Gasteiger partial charge in [-0.05, 0) is 36.4 Å². The second kappa shape index (κ2) is 6.06. The summed E-state index contributed by atoms with van der Waals surface area (Å²) in [6.45, 7) is 0. The Bertz CT molecular complexity index is 726. The van der Waals surface area contributed by atoms with E-state index in [-0.39, 0.29) is 5.78 Å². The molecule has 0 N–H and O–H groups in total. The van der Waals surface area contributed by atoms with Gasteiger partial charge < -0.3 is 9.15 Å². The number of fused-ring (bicyclic) bond motifs is 1. The fourth-order valence-electron chi connectivity index (χ4n) is 2.01. The zero-order valence-corrected chi connectivity index (χ0v) is 12.4. The number of hydrogen-bond donors (Lipinski definition) is 0. The Morgan fingerprint density at radius 3 is 2.62 bits per heavy atom. The van der Waals surface area contributed by atoms with Crippen LogP contribution >= 0.6 is 11.8 Å². The molecule has 0 spiro atoms. The second-order valence-electron chi connectivity index (χ2n) is 4.54. The summed E-state index contributed by atoms with van der Waals surface area (Å²) in [6.07, 6.45) is 0. The van der Waals surface area contributed by atoms with E-state index in [1.807, 2.05) is 48.5 Å². The van der Waals surface area contributed by atoms with Gasteiger partial charge in [-0.2, -0.15) is 0 Å². The third-order valence-electron chi connectivity index (χ3n) is 3.13. The molecule has 106 valence electrons. The van der Waals surface area contributed by atoms with E-state index in [9.17, 15) is 4.79 Å². The van der Waals surface area contributed by atoms with Gasteiger partial charge in [0, 0.05) is 10.3 Å². The van der Waals surface area contributed by atoms with Crippen LogP contribution in [-0.4, -0.2) is 18.6 Å². The number of methoxy groups -OCH3 is 1. The highest BCUT2D eigenvalue weighted by Crippen LogP contribution is 2.24. The van der Waals surface area contributed by atoms with Gasteiger partial charge in [-0.15, -0.1) is 11.8 Å². The number of furan rings is 1. The van der Waals surface area contributed by atoms with Crippen LogP contribution in [0.2, 0.25) is 0 Å². The molecule has 0 saturated heterocycles. The van der Waals surface area contributed by atoms with E-state index in [1.165, 1.54) is 11.8 Å². The van der Waals surface area contributed by atoms with Gasteiger partial charge in [0.1, 0.15) is 11.3 Å². The molecule has 3 aromatic rings. The van der Waals surface area contributed by atoms with Gasteiger partial charge in [0.25, 0.3) is 0 Å². The Hall–Kier alpha value is -2.20. The zero-order chi connectivity index (χ0) is 14.7. The summed E-state index contributed by atoms with van der Waals surface area (Å²) in [5.74, 6) is 1.57. The largest absolute Gasteiger partial charge is 0.497 e. The number of thioether (sulfide) groups is 1. The highest BCUT2D eigenvalue weighted by Gasteiger charge is 2.12. The molecule has 0 aliphatic rings. The highest BCUT2D eigenvalue weighted by molar-refractivity contribution is 8.00. The first kappa shape index (κ1) is 13.8. The average Bonchev–Trinajstić information content (AvgIpc) is 2.97. The van der Waals surface area contributed by atoms with Crippen LogP contribution < -0.4 is 4.74 Å². The van der Waals surface area contributed by atoms with E-state index in [1.54, 1.807) is 13.2 Å². The number of benzene rings is 2. The lowest BCUT2D eigenvalue weighted by Crippen LogP contribution is -2.00. The Balaban J connectivity index is 1.68. The van der Waals surface area contributed by atoms with Crippen LogP contribution in [0.25, 0.3) is 11.0 Å². The maximum absolute atomic E-state index is 12.2. The summed E-state index contributed by atoms with van der Waals surface area (Å²) in [4.78, 5) is 13.2. The number of rotatable bonds is 5. The molecule has 0 saturated carbocycles. The maximum Gasteiger partial charge on any atom is 0.208 e. The van der Waals surface area contributed by atoms with Crippen LogP contribution in [0, 0.1) is 0 Å². The van der Waals surface area contributed by atoms with Crippen LogP contribution in [0.4, 0.5) is 0 Å². The average molecular weight is 298 g/mol. The van der Waals surface area contributed by atoms with E-state index in [0.717, 1.165) is 21.6 Å². The molecule has 2 aromatic carbocycles. The van der Waals surface area contributed by atoms with Crippen molar-refractivity contribution in [3.05, 3.63) is 60.4 Å². The molecule has 21 heavy (non-hydrogen) atoms. The smallest absolute Gasteiger partial charge is 0.208 e. The molecule has 0 radical (unpaired) electrons. The minimum atomic E-state index is -0.00739. The molecule has 0 atom stereocenters. The fourth-order valence-corrected chi connectivity index (χ4v) is 2.78. The lowest BCUT2D eigenvalue weighted by atomic mass is 10.2. The van der Waals surface area contributed by atoms with Crippen LogP contribution in [0.15, 0.2) is 63.9 Å². The quantitative estimate of drug-likeness (QED) is 0.516. The van der Waals surface area contributed by atoms with Crippen molar-refractivity contribution in [2.24, 2.45) is 0 Å². The summed E-state index contributed by atoms with van der Waals surface area (Å²) in [5.41, 5.74) is 0.746. The maximum atomic E-state index is 12.2. The summed E-state index contributed by atoms with van der Waals surface area (Å²) in [5, 5.41) is 0.954. The van der Waals surface area contributed by atoms with Crippen molar-refractivity contribution < 1.29 is 13.9 Å². The van der Waals surface area contributed by atoms with E-state index < -0.39 is 0 Å². The van der Waals surface area contributed by atoms with Gasteiger partial charge >= 0.3 is 0 Å². The standard InChI is InChI=1S/C17H14O3S/c1-19-13-6-8-14(9-7-13)21-11-15(18)17-10-12-4-2-3-5-16(12)20-17/h2-10H,11H2,1H3. The molecule has 1 heterocycles. The Kier molecular flexibility index (Phi) is 3.97. The summed E-state index contributed by atoms with van der Waals surface area (Å²) in [7, 11) is 1.63. The van der Waals surface area contributed by atoms with Gasteiger partial charge in [-0.25, -0.2) is 0 Å². The first-order valence-corrected chi connectivity index (χ1v) is 7.53. The molecule has 3 rings (SSSR count). The molecular formula is C17H14O3S. The molecule has 4 heteroatoms. The van der Waals surface area contributed by atoms with Gasteiger partial charge in [0.15, 0.2) is 5.76 Å². The van der Waals surface area contributed by atoms with Crippen LogP contribution in [0.1, 0.15) is 10.6 Å². The topological polar surface area (TPSA) is 39.4 Å². The molecule has 1 aromatic heterocycles. The molecule has 0 aliphatic heterocycles.